The lowest BCUT2D eigenvalue weighted by molar-refractivity contribution is -0.155. The van der Waals surface area contributed by atoms with Gasteiger partial charge in [-0.3, -0.25) is 14.4 Å². The van der Waals surface area contributed by atoms with Gasteiger partial charge >= 0.3 is 5.97 Å². The molecular formula is C30H41N3O6. The normalized spacial score (nSPS) is 26.8. The molecule has 1 aromatic rings. The van der Waals surface area contributed by atoms with Crippen LogP contribution in [0.4, 0.5) is 11.4 Å². The van der Waals surface area contributed by atoms with Crippen LogP contribution in [-0.4, -0.2) is 84.9 Å². The fourth-order valence-electron chi connectivity index (χ4n) is 6.55. The topological polar surface area (TPSA) is 99.6 Å². The molecule has 212 valence electrons. The zero-order valence-corrected chi connectivity index (χ0v) is 23.1. The van der Waals surface area contributed by atoms with Crippen molar-refractivity contribution in [3.05, 3.63) is 49.6 Å². The molecule has 3 aliphatic rings. The van der Waals surface area contributed by atoms with Crippen LogP contribution in [-0.2, 0) is 23.9 Å². The van der Waals surface area contributed by atoms with Crippen molar-refractivity contribution in [2.75, 3.05) is 49.2 Å². The first kappa shape index (κ1) is 28.8. The number of aliphatic hydroxyl groups excluding tert-OH is 1. The minimum Gasteiger partial charge on any atom is -0.465 e. The molecule has 4 rings (SSSR count). The quantitative estimate of drug-likeness (QED) is 0.220. The second-order valence-corrected chi connectivity index (χ2v) is 10.3. The van der Waals surface area contributed by atoms with Gasteiger partial charge in [-0.15, -0.1) is 13.2 Å². The number of aliphatic hydroxyl groups is 1. The molecule has 0 saturated carbocycles. The molecule has 3 aliphatic heterocycles. The predicted octanol–water partition coefficient (Wildman–Crippen LogP) is 2.93. The highest BCUT2D eigenvalue weighted by Crippen LogP contribution is 2.59. The minimum absolute atomic E-state index is 0.123. The second-order valence-electron chi connectivity index (χ2n) is 10.3. The number of rotatable bonds is 14. The lowest BCUT2D eigenvalue weighted by Crippen LogP contribution is -2.56. The van der Waals surface area contributed by atoms with Gasteiger partial charge < -0.3 is 29.3 Å². The van der Waals surface area contributed by atoms with Gasteiger partial charge in [-0.25, -0.2) is 0 Å². The first-order valence-corrected chi connectivity index (χ1v) is 14.0. The van der Waals surface area contributed by atoms with Crippen LogP contribution in [0.5, 0.6) is 0 Å². The fraction of sp³-hybridized carbons (Fsp3) is 0.567. The molecule has 39 heavy (non-hydrogen) atoms. The van der Waals surface area contributed by atoms with Gasteiger partial charge in [0.15, 0.2) is 0 Å². The Morgan fingerprint density at radius 1 is 1.18 bits per heavy atom. The number of ether oxygens (including phenoxy) is 2. The maximum Gasteiger partial charge on any atom is 0.312 e. The Morgan fingerprint density at radius 3 is 2.49 bits per heavy atom. The summed E-state index contributed by atoms with van der Waals surface area (Å²) in [6.07, 6.45) is 4.76. The number of carbonyl (C=O) groups is 3. The van der Waals surface area contributed by atoms with E-state index in [4.69, 9.17) is 9.47 Å². The Labute approximate surface area is 231 Å². The summed E-state index contributed by atoms with van der Waals surface area (Å²) in [5, 5.41) is 9.55. The number of hydrogen-bond donors (Lipinski definition) is 1. The number of nitrogens with zero attached hydrogens (tertiary/aromatic N) is 3. The molecular weight excluding hydrogens is 498 g/mol. The average Bonchev–Trinajstić information content (AvgIpc) is 3.59. The summed E-state index contributed by atoms with van der Waals surface area (Å²) in [6.45, 7) is 14.0. The van der Waals surface area contributed by atoms with Crippen LogP contribution in [0, 0.1) is 11.8 Å². The van der Waals surface area contributed by atoms with Crippen molar-refractivity contribution >= 4 is 29.2 Å². The number of anilines is 2. The first-order chi connectivity index (χ1) is 18.9. The smallest absolute Gasteiger partial charge is 0.312 e. The van der Waals surface area contributed by atoms with E-state index >= 15 is 0 Å². The van der Waals surface area contributed by atoms with Crippen LogP contribution in [0.15, 0.2) is 49.6 Å². The first-order valence-electron chi connectivity index (χ1n) is 14.0. The maximum absolute atomic E-state index is 14.4. The van der Waals surface area contributed by atoms with Crippen molar-refractivity contribution in [1.82, 2.24) is 4.90 Å². The minimum atomic E-state index is -1.11. The van der Waals surface area contributed by atoms with Gasteiger partial charge in [-0.05, 0) is 63.8 Å². The Bertz CT molecular complexity index is 1070. The maximum atomic E-state index is 14.4. The summed E-state index contributed by atoms with van der Waals surface area (Å²) in [7, 11) is 0. The van der Waals surface area contributed by atoms with E-state index in [1.54, 1.807) is 17.1 Å². The van der Waals surface area contributed by atoms with Crippen LogP contribution < -0.4 is 9.80 Å². The molecule has 2 amide bonds. The van der Waals surface area contributed by atoms with E-state index in [-0.39, 0.29) is 38.1 Å². The standard InChI is InChI=1S/C30H41N3O6/c1-5-9-20-38-29(37)24-23-15-16-30(39-23)25(24)27(35)33(18-10-19-34)26(30)28(36)32(17-6-2)22-13-11-21(12-14-22)31(7-3)8-4/h5-6,11-14,23-26,34H,1-2,7-10,15-20H2,3-4H3/t23-,24+,25-,26?,30?/m0/s1. The summed E-state index contributed by atoms with van der Waals surface area (Å²) >= 11 is 0. The van der Waals surface area contributed by atoms with E-state index in [1.807, 2.05) is 24.3 Å². The Kier molecular flexibility index (Phi) is 9.12. The van der Waals surface area contributed by atoms with Crippen LogP contribution >= 0.6 is 0 Å². The molecule has 1 spiro atoms. The Balaban J connectivity index is 1.68. The molecule has 9 nitrogen and oxygen atoms in total. The summed E-state index contributed by atoms with van der Waals surface area (Å²) in [4.78, 5) is 46.8. The van der Waals surface area contributed by atoms with E-state index in [0.717, 1.165) is 18.8 Å². The molecule has 1 N–H and O–H groups in total. The fourth-order valence-corrected chi connectivity index (χ4v) is 6.55. The SMILES string of the molecule is C=CCCOC(=O)[C@@H]1[C@@H]2CCC3(O2)C(C(=O)N(CC=C)c2ccc(N(CC)CC)cc2)N(CCCO)C(=O)[C@H]13. The highest BCUT2D eigenvalue weighted by molar-refractivity contribution is 6.04. The molecule has 2 unspecified atom stereocenters. The van der Waals surface area contributed by atoms with Crippen LogP contribution in [0.3, 0.4) is 0 Å². The summed E-state index contributed by atoms with van der Waals surface area (Å²) < 4.78 is 11.9. The molecule has 0 aromatic heterocycles. The highest BCUT2D eigenvalue weighted by atomic mass is 16.6. The van der Waals surface area contributed by atoms with Crippen molar-refractivity contribution < 1.29 is 29.0 Å². The van der Waals surface area contributed by atoms with Gasteiger partial charge in [-0.2, -0.15) is 0 Å². The van der Waals surface area contributed by atoms with Crippen molar-refractivity contribution in [3.63, 3.8) is 0 Å². The number of benzene rings is 1. The van der Waals surface area contributed by atoms with Crippen LogP contribution in [0.2, 0.25) is 0 Å². The van der Waals surface area contributed by atoms with E-state index in [2.05, 4.69) is 31.9 Å². The molecule has 3 fully saturated rings. The number of fused-ring (bicyclic) bond motifs is 1. The van der Waals surface area contributed by atoms with Gasteiger partial charge in [0.25, 0.3) is 5.91 Å². The molecule has 3 saturated heterocycles. The van der Waals surface area contributed by atoms with E-state index in [1.165, 1.54) is 4.90 Å². The Morgan fingerprint density at radius 2 is 1.87 bits per heavy atom. The average molecular weight is 540 g/mol. The van der Waals surface area contributed by atoms with Crippen molar-refractivity contribution in [2.45, 2.75) is 57.3 Å². The summed E-state index contributed by atoms with van der Waals surface area (Å²) in [6, 6.07) is 6.88. The Hall–Kier alpha value is -3.17. The van der Waals surface area contributed by atoms with E-state index in [0.29, 0.717) is 31.4 Å². The molecule has 0 radical (unpaired) electrons. The molecule has 2 bridgehead atoms. The van der Waals surface area contributed by atoms with Gasteiger partial charge in [0.2, 0.25) is 5.91 Å². The van der Waals surface area contributed by atoms with Crippen LogP contribution in [0.25, 0.3) is 0 Å². The van der Waals surface area contributed by atoms with Gasteiger partial charge in [0.1, 0.15) is 11.6 Å². The van der Waals surface area contributed by atoms with Crippen molar-refractivity contribution in [2.24, 2.45) is 11.8 Å². The molecule has 0 aliphatic carbocycles. The molecule has 5 atom stereocenters. The van der Waals surface area contributed by atoms with E-state index in [9.17, 15) is 19.5 Å². The highest BCUT2D eigenvalue weighted by Gasteiger charge is 2.75. The monoisotopic (exact) mass is 539 g/mol. The third-order valence-corrected chi connectivity index (χ3v) is 8.30. The molecule has 1 aromatic carbocycles. The summed E-state index contributed by atoms with van der Waals surface area (Å²) in [5.41, 5.74) is 0.638. The van der Waals surface area contributed by atoms with Crippen LogP contribution in [0.1, 0.15) is 39.5 Å². The number of amides is 2. The van der Waals surface area contributed by atoms with Crippen molar-refractivity contribution in [1.29, 1.82) is 0 Å². The lowest BCUT2D eigenvalue weighted by Gasteiger charge is -2.37. The second kappa shape index (κ2) is 12.3. The third kappa shape index (κ3) is 5.10. The predicted molar refractivity (Wildman–Crippen MR) is 149 cm³/mol. The van der Waals surface area contributed by atoms with Gasteiger partial charge in [0.05, 0.1) is 24.5 Å². The number of esters is 1. The largest absolute Gasteiger partial charge is 0.465 e. The number of hydrogen-bond acceptors (Lipinski definition) is 7. The number of carbonyl (C=O) groups excluding carboxylic acids is 3. The lowest BCUT2D eigenvalue weighted by atomic mass is 9.70. The van der Waals surface area contributed by atoms with E-state index < -0.39 is 35.6 Å². The number of likely N-dealkylation sites (tertiary alicyclic amines) is 1. The zero-order chi connectivity index (χ0) is 28.2. The van der Waals surface area contributed by atoms with Crippen molar-refractivity contribution in [3.8, 4) is 0 Å². The third-order valence-electron chi connectivity index (χ3n) is 8.30. The molecule has 9 heteroatoms. The molecule has 3 heterocycles. The van der Waals surface area contributed by atoms with Gasteiger partial charge in [-0.1, -0.05) is 12.2 Å². The van der Waals surface area contributed by atoms with Gasteiger partial charge in [0, 0.05) is 44.2 Å². The summed E-state index contributed by atoms with van der Waals surface area (Å²) in [5.74, 6) is -2.58. The zero-order valence-electron chi connectivity index (χ0n) is 23.1.